The lowest BCUT2D eigenvalue weighted by Gasteiger charge is -2.33. The summed E-state index contributed by atoms with van der Waals surface area (Å²) in [6, 6.07) is 15.1. The monoisotopic (exact) mass is 443 g/mol. The first-order valence-electron chi connectivity index (χ1n) is 10.5. The van der Waals surface area contributed by atoms with E-state index in [1.165, 1.54) is 19.5 Å². The quantitative estimate of drug-likeness (QED) is 0.672. The van der Waals surface area contributed by atoms with Crippen LogP contribution in [0.1, 0.15) is 23.6 Å². The van der Waals surface area contributed by atoms with Crippen molar-refractivity contribution in [2.24, 2.45) is 10.1 Å². The molecule has 0 fully saturated rings. The number of rotatable bonds is 4. The highest BCUT2D eigenvalue weighted by atomic mass is 16.6. The van der Waals surface area contributed by atoms with E-state index in [1.54, 1.807) is 11.9 Å². The maximum absolute atomic E-state index is 12.9. The second-order valence-electron chi connectivity index (χ2n) is 7.67. The number of ether oxygens (including phenoxy) is 3. The number of carbonyl (C=O) groups is 2. The molecular weight excluding hydrogens is 422 g/mol. The van der Waals surface area contributed by atoms with Crippen LogP contribution in [0.15, 0.2) is 81.7 Å². The standard InChI is InChI=1S/C25H21N3O5/c1-4-32-24(30)20-14-28-25(33-20,16-11-9-15(2)10-12-16)21-18(23(29)31-3)13-26-19-8-6-5-7-17(19)22(21)27-28/h5-14H,4H2,1-3H3. The van der Waals surface area contributed by atoms with Gasteiger partial charge in [-0.15, -0.1) is 0 Å². The Hall–Kier alpha value is -4.20. The van der Waals surface area contributed by atoms with Gasteiger partial charge in [-0.2, -0.15) is 5.10 Å². The summed E-state index contributed by atoms with van der Waals surface area (Å²) >= 11 is 0. The summed E-state index contributed by atoms with van der Waals surface area (Å²) < 4.78 is 16.6. The molecule has 8 nitrogen and oxygen atoms in total. The number of nitrogens with zero attached hydrogens (tertiary/aromatic N) is 3. The molecule has 0 saturated carbocycles. The molecule has 166 valence electrons. The Kier molecular flexibility index (Phi) is 4.85. The topological polar surface area (TPSA) is 89.8 Å². The fourth-order valence-electron chi connectivity index (χ4n) is 4.18. The van der Waals surface area contributed by atoms with Crippen LogP contribution in [0.4, 0.5) is 5.69 Å². The molecule has 33 heavy (non-hydrogen) atoms. The maximum Gasteiger partial charge on any atom is 0.375 e. The normalized spacial score (nSPS) is 20.2. The fourth-order valence-corrected chi connectivity index (χ4v) is 4.18. The third-order valence-corrected chi connectivity index (χ3v) is 5.69. The van der Waals surface area contributed by atoms with Crippen molar-refractivity contribution in [3.63, 3.8) is 0 Å². The lowest BCUT2D eigenvalue weighted by atomic mass is 9.86. The van der Waals surface area contributed by atoms with Crippen molar-refractivity contribution in [3.8, 4) is 0 Å². The van der Waals surface area contributed by atoms with E-state index in [1.807, 2.05) is 55.5 Å². The highest BCUT2D eigenvalue weighted by Gasteiger charge is 2.58. The van der Waals surface area contributed by atoms with E-state index < -0.39 is 17.7 Å². The van der Waals surface area contributed by atoms with Gasteiger partial charge in [-0.3, -0.25) is 4.99 Å². The van der Waals surface area contributed by atoms with Gasteiger partial charge in [-0.25, -0.2) is 14.6 Å². The van der Waals surface area contributed by atoms with Crippen LogP contribution >= 0.6 is 0 Å². The van der Waals surface area contributed by atoms with Crippen LogP contribution in [0.25, 0.3) is 0 Å². The number of fused-ring (bicyclic) bond motifs is 5. The van der Waals surface area contributed by atoms with E-state index in [4.69, 9.17) is 19.3 Å². The number of benzene rings is 2. The van der Waals surface area contributed by atoms with Crippen molar-refractivity contribution >= 4 is 29.6 Å². The largest absolute Gasteiger partial charge is 0.465 e. The number of hydrazone groups is 1. The number of carbonyl (C=O) groups excluding carboxylic acids is 2. The fraction of sp³-hybridized carbons (Fsp3) is 0.200. The summed E-state index contributed by atoms with van der Waals surface area (Å²) in [5.74, 6) is -1.21. The first-order valence-corrected chi connectivity index (χ1v) is 10.5. The van der Waals surface area contributed by atoms with Crippen molar-refractivity contribution in [3.05, 3.63) is 88.3 Å². The molecule has 3 heterocycles. The second-order valence-corrected chi connectivity index (χ2v) is 7.67. The Labute approximate surface area is 190 Å². The zero-order chi connectivity index (χ0) is 23.2. The van der Waals surface area contributed by atoms with Crippen LogP contribution in [0, 0.1) is 6.92 Å². The van der Waals surface area contributed by atoms with Crippen LogP contribution in [0.5, 0.6) is 0 Å². The molecule has 1 atom stereocenters. The molecule has 0 bridgehead atoms. The average Bonchev–Trinajstić information content (AvgIpc) is 3.29. The van der Waals surface area contributed by atoms with E-state index in [0.717, 1.165) is 11.1 Å². The molecule has 8 heteroatoms. The van der Waals surface area contributed by atoms with Crippen molar-refractivity contribution in [2.75, 3.05) is 13.7 Å². The third-order valence-electron chi connectivity index (χ3n) is 5.69. The summed E-state index contributed by atoms with van der Waals surface area (Å²) in [7, 11) is 1.31. The Bertz CT molecular complexity index is 1290. The zero-order valence-corrected chi connectivity index (χ0v) is 18.4. The third kappa shape index (κ3) is 3.06. The van der Waals surface area contributed by atoms with Crippen LogP contribution in [-0.2, 0) is 29.5 Å². The van der Waals surface area contributed by atoms with Crippen molar-refractivity contribution in [1.82, 2.24) is 5.01 Å². The lowest BCUT2D eigenvalue weighted by Crippen LogP contribution is -2.39. The molecule has 0 spiro atoms. The minimum atomic E-state index is -1.40. The van der Waals surface area contributed by atoms with Gasteiger partial charge < -0.3 is 14.2 Å². The maximum atomic E-state index is 12.9. The zero-order valence-electron chi connectivity index (χ0n) is 18.4. The Morgan fingerprint density at radius 1 is 1.09 bits per heavy atom. The molecule has 0 saturated heterocycles. The molecule has 5 rings (SSSR count). The summed E-state index contributed by atoms with van der Waals surface area (Å²) in [5.41, 5.74) is 2.87. The Morgan fingerprint density at radius 3 is 2.58 bits per heavy atom. The lowest BCUT2D eigenvalue weighted by molar-refractivity contribution is -0.146. The average molecular weight is 443 g/mol. The highest BCUT2D eigenvalue weighted by Crippen LogP contribution is 2.52. The van der Waals surface area contributed by atoms with Crippen molar-refractivity contribution in [2.45, 2.75) is 19.6 Å². The van der Waals surface area contributed by atoms with Crippen LogP contribution in [0.2, 0.25) is 0 Å². The van der Waals surface area contributed by atoms with E-state index in [9.17, 15) is 9.59 Å². The van der Waals surface area contributed by atoms with Gasteiger partial charge in [0.15, 0.2) is 0 Å². The van der Waals surface area contributed by atoms with Gasteiger partial charge in [0.05, 0.1) is 36.8 Å². The summed E-state index contributed by atoms with van der Waals surface area (Å²) in [5, 5.41) is 6.36. The SMILES string of the molecule is CCOC(=O)C1=CN2N=C3C(=C(C(=O)OC)C=Nc4ccccc43)C2(c2ccc(C)cc2)O1. The first-order chi connectivity index (χ1) is 16.0. The van der Waals surface area contributed by atoms with E-state index in [0.29, 0.717) is 22.5 Å². The van der Waals surface area contributed by atoms with Gasteiger partial charge in [0.1, 0.15) is 5.71 Å². The Balaban J connectivity index is 1.80. The molecule has 3 aliphatic heterocycles. The second kappa shape index (κ2) is 7.74. The van der Waals surface area contributed by atoms with Crippen molar-refractivity contribution < 1.29 is 23.8 Å². The number of hydrogen-bond donors (Lipinski definition) is 0. The van der Waals surface area contributed by atoms with E-state index >= 15 is 0 Å². The number of methoxy groups -OCH3 is 1. The highest BCUT2D eigenvalue weighted by molar-refractivity contribution is 6.27. The van der Waals surface area contributed by atoms with Gasteiger partial charge in [0, 0.05) is 17.3 Å². The minimum absolute atomic E-state index is 0.00795. The van der Waals surface area contributed by atoms with Gasteiger partial charge in [-0.1, -0.05) is 48.0 Å². The number of esters is 2. The number of hydrogen-bond acceptors (Lipinski definition) is 8. The van der Waals surface area contributed by atoms with E-state index in [-0.39, 0.29) is 17.9 Å². The summed E-state index contributed by atoms with van der Waals surface area (Å²) in [6.07, 6.45) is 2.97. The smallest absolute Gasteiger partial charge is 0.375 e. The predicted octanol–water partition coefficient (Wildman–Crippen LogP) is 3.49. The van der Waals surface area contributed by atoms with E-state index in [2.05, 4.69) is 4.99 Å². The molecule has 0 radical (unpaired) electrons. The minimum Gasteiger partial charge on any atom is -0.465 e. The molecular formula is C25H21N3O5. The number of aryl methyl sites for hydroxylation is 1. The van der Waals surface area contributed by atoms with Crippen LogP contribution < -0.4 is 0 Å². The van der Waals surface area contributed by atoms with Gasteiger partial charge >= 0.3 is 11.9 Å². The van der Waals surface area contributed by atoms with Crippen LogP contribution in [0.3, 0.4) is 0 Å². The number of para-hydroxylation sites is 1. The molecule has 0 amide bonds. The predicted molar refractivity (Wildman–Crippen MR) is 121 cm³/mol. The number of aliphatic imine (C=N–C) groups is 1. The van der Waals surface area contributed by atoms with Gasteiger partial charge in [0.25, 0.3) is 5.72 Å². The summed E-state index contributed by atoms with van der Waals surface area (Å²) in [4.78, 5) is 30.0. The Morgan fingerprint density at radius 2 is 1.85 bits per heavy atom. The summed E-state index contributed by atoms with van der Waals surface area (Å²) in [6.45, 7) is 3.89. The molecule has 0 N–H and O–H groups in total. The molecule has 0 aliphatic carbocycles. The molecule has 1 unspecified atom stereocenters. The van der Waals surface area contributed by atoms with Gasteiger partial charge in [-0.05, 0) is 19.9 Å². The van der Waals surface area contributed by atoms with Crippen LogP contribution in [-0.4, -0.2) is 42.6 Å². The van der Waals surface area contributed by atoms with Crippen molar-refractivity contribution in [1.29, 1.82) is 0 Å². The molecule has 0 aromatic heterocycles. The van der Waals surface area contributed by atoms with Gasteiger partial charge in [0.2, 0.25) is 5.76 Å². The molecule has 2 aromatic rings. The molecule has 2 aromatic carbocycles. The molecule has 3 aliphatic rings. The first kappa shape index (κ1) is 20.7.